The summed E-state index contributed by atoms with van der Waals surface area (Å²) in [7, 11) is -2.46. The van der Waals surface area contributed by atoms with Crippen molar-refractivity contribution in [3.05, 3.63) is 36.0 Å². The van der Waals surface area contributed by atoms with Crippen LogP contribution in [0.25, 0.3) is 10.9 Å². The van der Waals surface area contributed by atoms with E-state index in [0.29, 0.717) is 0 Å². The van der Waals surface area contributed by atoms with E-state index in [9.17, 15) is 13.2 Å². The van der Waals surface area contributed by atoms with Gasteiger partial charge in [0.25, 0.3) is 0 Å². The summed E-state index contributed by atoms with van der Waals surface area (Å²) in [6, 6.07) is 8.77. The van der Waals surface area contributed by atoms with Crippen LogP contribution < -0.4 is 0 Å². The summed E-state index contributed by atoms with van der Waals surface area (Å²) in [4.78, 5) is 11.1. The molecule has 0 bridgehead atoms. The molecule has 1 aromatic carbocycles. The molecule has 2 aromatic rings. The van der Waals surface area contributed by atoms with E-state index < -0.39 is 16.5 Å². The molecule has 2 rings (SSSR count). The molecule has 0 spiro atoms. The number of fused-ring (bicyclic) bond motifs is 1. The second-order valence-electron chi connectivity index (χ2n) is 3.62. The van der Waals surface area contributed by atoms with Crippen molar-refractivity contribution in [1.82, 2.24) is 4.57 Å². The van der Waals surface area contributed by atoms with Gasteiger partial charge in [0.2, 0.25) is 0 Å². The molecule has 0 aliphatic rings. The van der Waals surface area contributed by atoms with Crippen molar-refractivity contribution in [2.24, 2.45) is 4.36 Å². The standard InChI is InChI=1S/C11H10N2O4S/c14-11(15)10-7-8-3-1-2-4-9(8)13(10)6-5-12-18(16)17/h1-4,7H,5-6H2,(H,14,15). The highest BCUT2D eigenvalue weighted by Crippen LogP contribution is 2.19. The molecule has 0 amide bonds. The molecule has 1 heterocycles. The van der Waals surface area contributed by atoms with E-state index in [1.807, 2.05) is 6.07 Å². The fourth-order valence-corrected chi connectivity index (χ4v) is 2.07. The minimum Gasteiger partial charge on any atom is -0.477 e. The Labute approximate surface area is 104 Å². The summed E-state index contributed by atoms with van der Waals surface area (Å²) < 4.78 is 25.5. The SMILES string of the molecule is O=C(O)c1cc2ccccc2n1CCN=S(=O)=O. The maximum atomic E-state index is 11.1. The van der Waals surface area contributed by atoms with Crippen molar-refractivity contribution >= 4 is 27.4 Å². The number of hydrogen-bond donors (Lipinski definition) is 1. The molecule has 1 aromatic heterocycles. The second-order valence-corrected chi connectivity index (χ2v) is 4.31. The Hall–Kier alpha value is -2.15. The first kappa shape index (κ1) is 12.3. The van der Waals surface area contributed by atoms with Crippen LogP contribution in [-0.4, -0.2) is 30.6 Å². The summed E-state index contributed by atoms with van der Waals surface area (Å²) in [6.07, 6.45) is 0. The maximum Gasteiger partial charge on any atom is 0.352 e. The number of aromatic carboxylic acids is 1. The zero-order valence-corrected chi connectivity index (χ0v) is 10.1. The number of carboxylic acids is 1. The van der Waals surface area contributed by atoms with Gasteiger partial charge in [-0.15, -0.1) is 0 Å². The number of carbonyl (C=O) groups is 1. The lowest BCUT2D eigenvalue weighted by Gasteiger charge is -2.05. The van der Waals surface area contributed by atoms with E-state index >= 15 is 0 Å². The first-order valence-electron chi connectivity index (χ1n) is 5.18. The molecule has 0 radical (unpaired) electrons. The third kappa shape index (κ3) is 2.40. The molecule has 0 fully saturated rings. The van der Waals surface area contributed by atoms with Crippen LogP contribution in [0, 0.1) is 0 Å². The molecule has 94 valence electrons. The predicted octanol–water partition coefficient (Wildman–Crippen LogP) is 1.40. The van der Waals surface area contributed by atoms with Gasteiger partial charge in [0.15, 0.2) is 0 Å². The Morgan fingerprint density at radius 2 is 2.06 bits per heavy atom. The van der Waals surface area contributed by atoms with Gasteiger partial charge in [-0.3, -0.25) is 0 Å². The highest BCUT2D eigenvalue weighted by Gasteiger charge is 2.13. The number of aromatic nitrogens is 1. The largest absolute Gasteiger partial charge is 0.477 e. The van der Waals surface area contributed by atoms with Gasteiger partial charge >= 0.3 is 16.5 Å². The summed E-state index contributed by atoms with van der Waals surface area (Å²) in [5, 5.41) is 9.91. The number of para-hydroxylation sites is 1. The molecule has 1 N–H and O–H groups in total. The van der Waals surface area contributed by atoms with Crippen molar-refractivity contribution in [3.8, 4) is 0 Å². The summed E-state index contributed by atoms with van der Waals surface area (Å²) in [5.74, 6) is -1.05. The molecule has 0 unspecified atom stereocenters. The van der Waals surface area contributed by atoms with Crippen LogP contribution in [0.2, 0.25) is 0 Å². The highest BCUT2D eigenvalue weighted by molar-refractivity contribution is 7.61. The maximum absolute atomic E-state index is 11.1. The van der Waals surface area contributed by atoms with Crippen LogP contribution in [0.4, 0.5) is 0 Å². The van der Waals surface area contributed by atoms with Gasteiger partial charge in [-0.2, -0.15) is 12.8 Å². The van der Waals surface area contributed by atoms with Crippen molar-refractivity contribution in [1.29, 1.82) is 0 Å². The predicted molar refractivity (Wildman–Crippen MR) is 65.1 cm³/mol. The number of nitrogens with zero attached hydrogens (tertiary/aromatic N) is 2. The first-order chi connectivity index (χ1) is 8.59. The zero-order valence-electron chi connectivity index (χ0n) is 9.28. The lowest BCUT2D eigenvalue weighted by molar-refractivity contribution is 0.0686. The van der Waals surface area contributed by atoms with Crippen molar-refractivity contribution in [3.63, 3.8) is 0 Å². The van der Waals surface area contributed by atoms with E-state index in [1.54, 1.807) is 28.8 Å². The highest BCUT2D eigenvalue weighted by atomic mass is 32.2. The molecule has 0 atom stereocenters. The van der Waals surface area contributed by atoms with Gasteiger partial charge in [-0.05, 0) is 12.1 Å². The Bertz CT molecular complexity index is 723. The number of hydrogen-bond acceptors (Lipinski definition) is 4. The van der Waals surface area contributed by atoms with E-state index in [-0.39, 0.29) is 18.8 Å². The number of carboxylic acid groups (broad SMARTS) is 1. The quantitative estimate of drug-likeness (QED) is 0.905. The average Bonchev–Trinajstić information content (AvgIpc) is 2.68. The fraction of sp³-hybridized carbons (Fsp3) is 0.182. The normalized spacial score (nSPS) is 10.4. The molecular weight excluding hydrogens is 256 g/mol. The van der Waals surface area contributed by atoms with Crippen LogP contribution in [0.3, 0.4) is 0 Å². The van der Waals surface area contributed by atoms with Crippen molar-refractivity contribution in [2.75, 3.05) is 6.54 Å². The van der Waals surface area contributed by atoms with Crippen molar-refractivity contribution in [2.45, 2.75) is 6.54 Å². The average molecular weight is 266 g/mol. The molecule has 0 saturated carbocycles. The summed E-state index contributed by atoms with van der Waals surface area (Å²) >= 11 is 0. The first-order valence-corrected chi connectivity index (χ1v) is 6.21. The van der Waals surface area contributed by atoms with E-state index in [0.717, 1.165) is 10.9 Å². The minimum absolute atomic E-state index is 0.0229. The Morgan fingerprint density at radius 3 is 2.72 bits per heavy atom. The van der Waals surface area contributed by atoms with Gasteiger partial charge in [0.1, 0.15) is 5.69 Å². The number of benzene rings is 1. The summed E-state index contributed by atoms with van der Waals surface area (Å²) in [5.41, 5.74) is 0.880. The minimum atomic E-state index is -2.46. The fourth-order valence-electron chi connectivity index (χ4n) is 1.84. The monoisotopic (exact) mass is 266 g/mol. The Kier molecular flexibility index (Phi) is 3.42. The molecular formula is C11H10N2O4S. The molecule has 6 nitrogen and oxygen atoms in total. The summed E-state index contributed by atoms with van der Waals surface area (Å²) in [6.45, 7) is 0.234. The Morgan fingerprint density at radius 1 is 1.33 bits per heavy atom. The van der Waals surface area contributed by atoms with E-state index in [2.05, 4.69) is 4.36 Å². The lowest BCUT2D eigenvalue weighted by Crippen LogP contribution is -2.10. The van der Waals surface area contributed by atoms with Gasteiger partial charge in [0, 0.05) is 17.4 Å². The second kappa shape index (κ2) is 5.01. The van der Waals surface area contributed by atoms with Crippen LogP contribution in [-0.2, 0) is 17.0 Å². The molecule has 0 aliphatic heterocycles. The number of rotatable bonds is 4. The zero-order chi connectivity index (χ0) is 13.1. The van der Waals surface area contributed by atoms with Crippen LogP contribution >= 0.6 is 0 Å². The van der Waals surface area contributed by atoms with Crippen LogP contribution in [0.1, 0.15) is 10.5 Å². The van der Waals surface area contributed by atoms with Gasteiger partial charge in [-0.1, -0.05) is 18.2 Å². The van der Waals surface area contributed by atoms with Crippen LogP contribution in [0.15, 0.2) is 34.7 Å². The van der Waals surface area contributed by atoms with Gasteiger partial charge in [0.05, 0.1) is 6.54 Å². The molecule has 18 heavy (non-hydrogen) atoms. The molecule has 0 saturated heterocycles. The molecule has 0 aliphatic carbocycles. The Balaban J connectivity index is 2.48. The van der Waals surface area contributed by atoms with E-state index in [4.69, 9.17) is 5.11 Å². The van der Waals surface area contributed by atoms with Crippen LogP contribution in [0.5, 0.6) is 0 Å². The lowest BCUT2D eigenvalue weighted by atomic mass is 10.2. The third-order valence-electron chi connectivity index (χ3n) is 2.55. The smallest absolute Gasteiger partial charge is 0.352 e. The van der Waals surface area contributed by atoms with Gasteiger partial charge < -0.3 is 9.67 Å². The topological polar surface area (TPSA) is 88.7 Å². The van der Waals surface area contributed by atoms with E-state index in [1.165, 1.54) is 0 Å². The van der Waals surface area contributed by atoms with Crippen molar-refractivity contribution < 1.29 is 18.3 Å². The third-order valence-corrected chi connectivity index (χ3v) is 2.94. The molecule has 7 heteroatoms. The van der Waals surface area contributed by atoms with Gasteiger partial charge in [-0.25, -0.2) is 4.79 Å².